The van der Waals surface area contributed by atoms with Crippen molar-refractivity contribution >= 4 is 15.9 Å². The molecule has 2 rings (SSSR count). The predicted molar refractivity (Wildman–Crippen MR) is 79.6 cm³/mol. The topological polar surface area (TPSA) is 39.1 Å². The van der Waals surface area contributed by atoms with Crippen molar-refractivity contribution in [1.82, 2.24) is 15.1 Å². The number of hydrogen-bond acceptors (Lipinski definition) is 3. The van der Waals surface area contributed by atoms with E-state index in [1.165, 1.54) is 5.56 Å². The molecule has 0 aliphatic carbocycles. The van der Waals surface area contributed by atoms with E-state index in [1.807, 2.05) is 16.9 Å². The van der Waals surface area contributed by atoms with Crippen LogP contribution in [0.15, 0.2) is 34.9 Å². The molecule has 4 nitrogen and oxygen atoms in total. The van der Waals surface area contributed by atoms with Crippen LogP contribution >= 0.6 is 15.9 Å². The monoisotopic (exact) mass is 323 g/mol. The fourth-order valence-corrected chi connectivity index (χ4v) is 2.45. The number of aryl methyl sites for hydroxylation is 1. The Bertz CT molecular complexity index is 539. The van der Waals surface area contributed by atoms with E-state index in [1.54, 1.807) is 7.11 Å². The zero-order valence-corrected chi connectivity index (χ0v) is 12.8. The molecular weight excluding hydrogens is 306 g/mol. The molecule has 0 aliphatic heterocycles. The third-order valence-electron chi connectivity index (χ3n) is 2.78. The fourth-order valence-electron chi connectivity index (χ4n) is 1.78. The van der Waals surface area contributed by atoms with E-state index < -0.39 is 0 Å². The lowest BCUT2D eigenvalue weighted by Crippen LogP contribution is -2.18. The van der Waals surface area contributed by atoms with Crippen LogP contribution in [0.3, 0.4) is 0 Å². The Morgan fingerprint density at radius 1 is 1.37 bits per heavy atom. The van der Waals surface area contributed by atoms with Gasteiger partial charge in [-0.2, -0.15) is 5.10 Å². The summed E-state index contributed by atoms with van der Waals surface area (Å²) in [6.45, 7) is 4.37. The second-order valence-corrected chi connectivity index (χ2v) is 5.23. The second kappa shape index (κ2) is 6.84. The number of methoxy groups -OCH3 is 1. The number of hydrogen-bond donors (Lipinski definition) is 1. The van der Waals surface area contributed by atoms with Crippen molar-refractivity contribution < 1.29 is 4.74 Å². The van der Waals surface area contributed by atoms with Gasteiger partial charge in [-0.15, -0.1) is 0 Å². The molecule has 5 heteroatoms. The fraction of sp³-hybridized carbons (Fsp3) is 0.357. The summed E-state index contributed by atoms with van der Waals surface area (Å²) in [6, 6.07) is 8.26. The van der Waals surface area contributed by atoms with E-state index in [9.17, 15) is 0 Å². The maximum Gasteiger partial charge on any atom is 0.0787 e. The molecule has 0 saturated carbocycles. The highest BCUT2D eigenvalue weighted by molar-refractivity contribution is 9.10. The Balaban J connectivity index is 2.04. The molecule has 0 bridgehead atoms. The van der Waals surface area contributed by atoms with Crippen LogP contribution in [-0.2, 0) is 11.3 Å². The molecule has 2 aromatic rings. The van der Waals surface area contributed by atoms with E-state index in [-0.39, 0.29) is 0 Å². The molecule has 102 valence electrons. The van der Waals surface area contributed by atoms with Crippen LogP contribution in [-0.4, -0.2) is 30.0 Å². The number of aromatic nitrogens is 2. The molecule has 1 aromatic heterocycles. The lowest BCUT2D eigenvalue weighted by molar-refractivity contribution is 0.199. The van der Waals surface area contributed by atoms with E-state index in [0.717, 1.165) is 28.9 Å². The van der Waals surface area contributed by atoms with Crippen molar-refractivity contribution in [2.75, 3.05) is 20.3 Å². The summed E-state index contributed by atoms with van der Waals surface area (Å²) < 4.78 is 7.92. The molecule has 0 atom stereocenters. The molecule has 0 aliphatic rings. The molecule has 0 unspecified atom stereocenters. The maximum absolute atomic E-state index is 4.99. The summed E-state index contributed by atoms with van der Waals surface area (Å²) in [7, 11) is 1.70. The molecule has 0 amide bonds. The van der Waals surface area contributed by atoms with Gasteiger partial charge in [-0.05, 0) is 46.6 Å². The third kappa shape index (κ3) is 3.89. The van der Waals surface area contributed by atoms with Crippen LogP contribution < -0.4 is 5.32 Å². The quantitative estimate of drug-likeness (QED) is 0.831. The van der Waals surface area contributed by atoms with Crippen LogP contribution in [0.2, 0.25) is 0 Å². The molecular formula is C14H18BrN3O. The van der Waals surface area contributed by atoms with Crippen molar-refractivity contribution in [3.63, 3.8) is 0 Å². The van der Waals surface area contributed by atoms with Crippen molar-refractivity contribution in [2.24, 2.45) is 0 Å². The number of rotatable bonds is 6. The summed E-state index contributed by atoms with van der Waals surface area (Å²) in [5, 5.41) is 7.83. The van der Waals surface area contributed by atoms with Crippen LogP contribution in [0.1, 0.15) is 11.3 Å². The normalized spacial score (nSPS) is 10.9. The van der Waals surface area contributed by atoms with Gasteiger partial charge < -0.3 is 10.1 Å². The van der Waals surface area contributed by atoms with E-state index >= 15 is 0 Å². The van der Waals surface area contributed by atoms with Crippen LogP contribution in [0.5, 0.6) is 0 Å². The zero-order chi connectivity index (χ0) is 13.7. The highest BCUT2D eigenvalue weighted by atomic mass is 79.9. The molecule has 19 heavy (non-hydrogen) atoms. The van der Waals surface area contributed by atoms with Gasteiger partial charge in [0.2, 0.25) is 0 Å². The first-order chi connectivity index (χ1) is 9.20. The Hall–Kier alpha value is -1.17. The summed E-state index contributed by atoms with van der Waals surface area (Å²) in [6.07, 6.45) is 1.97. The van der Waals surface area contributed by atoms with Crippen molar-refractivity contribution in [3.05, 3.63) is 46.2 Å². The molecule has 1 N–H and O–H groups in total. The van der Waals surface area contributed by atoms with E-state index in [4.69, 9.17) is 4.74 Å². The van der Waals surface area contributed by atoms with Gasteiger partial charge in [0, 0.05) is 30.9 Å². The largest absolute Gasteiger partial charge is 0.383 e. The maximum atomic E-state index is 4.99. The summed E-state index contributed by atoms with van der Waals surface area (Å²) in [5.74, 6) is 0. The molecule has 0 radical (unpaired) electrons. The summed E-state index contributed by atoms with van der Waals surface area (Å²) in [4.78, 5) is 0. The number of nitrogens with one attached hydrogen (secondary N) is 1. The van der Waals surface area contributed by atoms with Crippen LogP contribution in [0, 0.1) is 6.92 Å². The first kappa shape index (κ1) is 14.2. The molecule has 0 spiro atoms. The molecule has 1 heterocycles. The minimum Gasteiger partial charge on any atom is -0.383 e. The average Bonchev–Trinajstić information content (AvgIpc) is 2.83. The minimum absolute atomic E-state index is 0.713. The number of halogens is 1. The van der Waals surface area contributed by atoms with Gasteiger partial charge in [-0.1, -0.05) is 6.07 Å². The lowest BCUT2D eigenvalue weighted by Gasteiger charge is -2.05. The second-order valence-electron chi connectivity index (χ2n) is 4.38. The van der Waals surface area contributed by atoms with Gasteiger partial charge in [-0.25, -0.2) is 4.68 Å². The predicted octanol–water partition coefficient (Wildman–Crippen LogP) is 2.68. The smallest absolute Gasteiger partial charge is 0.0787 e. The van der Waals surface area contributed by atoms with Crippen molar-refractivity contribution in [1.29, 1.82) is 0 Å². The number of benzene rings is 1. The van der Waals surface area contributed by atoms with E-state index in [2.05, 4.69) is 51.5 Å². The Kier molecular flexibility index (Phi) is 5.13. The molecule has 0 saturated heterocycles. The van der Waals surface area contributed by atoms with Gasteiger partial charge in [0.05, 0.1) is 18.0 Å². The summed E-state index contributed by atoms with van der Waals surface area (Å²) in [5.41, 5.74) is 3.29. The number of nitrogens with zero attached hydrogens (tertiary/aromatic N) is 2. The molecule has 0 fully saturated rings. The van der Waals surface area contributed by atoms with E-state index in [0.29, 0.717) is 6.61 Å². The lowest BCUT2D eigenvalue weighted by atomic mass is 10.2. The van der Waals surface area contributed by atoms with Gasteiger partial charge >= 0.3 is 0 Å². The SMILES string of the molecule is COCCNCc1ccn(-c2ccc(C)cc2Br)n1. The van der Waals surface area contributed by atoms with Crippen LogP contribution in [0.4, 0.5) is 0 Å². The standard InChI is InChI=1S/C14H18BrN3O/c1-11-3-4-14(13(15)9-11)18-7-5-12(17-18)10-16-6-8-19-2/h3-5,7,9,16H,6,8,10H2,1-2H3. The third-order valence-corrected chi connectivity index (χ3v) is 3.42. The Labute approximate surface area is 121 Å². The Morgan fingerprint density at radius 2 is 2.21 bits per heavy atom. The highest BCUT2D eigenvalue weighted by Crippen LogP contribution is 2.21. The van der Waals surface area contributed by atoms with Crippen LogP contribution in [0.25, 0.3) is 5.69 Å². The van der Waals surface area contributed by atoms with Gasteiger partial charge in [0.1, 0.15) is 0 Å². The zero-order valence-electron chi connectivity index (χ0n) is 11.2. The van der Waals surface area contributed by atoms with Crippen molar-refractivity contribution in [2.45, 2.75) is 13.5 Å². The average molecular weight is 324 g/mol. The van der Waals surface area contributed by atoms with Gasteiger partial charge in [0.15, 0.2) is 0 Å². The molecule has 1 aromatic carbocycles. The van der Waals surface area contributed by atoms with Crippen molar-refractivity contribution in [3.8, 4) is 5.69 Å². The highest BCUT2D eigenvalue weighted by Gasteiger charge is 2.05. The van der Waals surface area contributed by atoms with Gasteiger partial charge in [0.25, 0.3) is 0 Å². The first-order valence-corrected chi connectivity index (χ1v) is 7.01. The Morgan fingerprint density at radius 3 is 2.95 bits per heavy atom. The number of ether oxygens (including phenoxy) is 1. The summed E-state index contributed by atoms with van der Waals surface area (Å²) >= 11 is 3.57. The minimum atomic E-state index is 0.713. The van der Waals surface area contributed by atoms with Gasteiger partial charge in [-0.3, -0.25) is 0 Å². The first-order valence-electron chi connectivity index (χ1n) is 6.21.